The SMILES string of the molecule is CCN(CC)CC[P+](c1ccccc1)(c1ccccc1)c1ccccc1.[BH4-]. The first-order valence-electron chi connectivity index (χ1n) is 9.58. The van der Waals surface area contributed by atoms with Gasteiger partial charge in [-0.2, -0.15) is 0 Å². The molecule has 0 saturated carbocycles. The fourth-order valence-corrected chi connectivity index (χ4v) is 8.01. The first kappa shape index (κ1) is 21.4. The molecule has 142 valence electrons. The van der Waals surface area contributed by atoms with Gasteiger partial charge in [0.25, 0.3) is 0 Å². The third-order valence-electron chi connectivity index (χ3n) is 5.24. The molecule has 1 nitrogen and oxygen atoms in total. The van der Waals surface area contributed by atoms with E-state index < -0.39 is 7.26 Å². The number of rotatable bonds is 8. The van der Waals surface area contributed by atoms with Crippen molar-refractivity contribution in [2.24, 2.45) is 0 Å². The summed E-state index contributed by atoms with van der Waals surface area (Å²) in [7, 11) is -1.68. The van der Waals surface area contributed by atoms with E-state index in [1.165, 1.54) is 22.1 Å². The van der Waals surface area contributed by atoms with Crippen molar-refractivity contribution in [3.05, 3.63) is 91.0 Å². The Labute approximate surface area is 167 Å². The lowest BCUT2D eigenvalue weighted by Gasteiger charge is -2.30. The minimum Gasteiger partial charge on any atom is -0.300 e. The first-order valence-corrected chi connectivity index (χ1v) is 11.6. The molecule has 3 aromatic carbocycles. The minimum absolute atomic E-state index is 0. The Morgan fingerprint density at radius 2 is 0.926 bits per heavy atom. The molecule has 0 bridgehead atoms. The van der Waals surface area contributed by atoms with Crippen LogP contribution in [0.1, 0.15) is 13.8 Å². The molecule has 3 aromatic rings. The topological polar surface area (TPSA) is 3.24 Å². The molecule has 0 aliphatic carbocycles. The van der Waals surface area contributed by atoms with Crippen molar-refractivity contribution in [3.63, 3.8) is 0 Å². The monoisotopic (exact) mass is 377 g/mol. The van der Waals surface area contributed by atoms with Crippen molar-refractivity contribution >= 4 is 31.6 Å². The molecule has 0 heterocycles. The predicted molar refractivity (Wildman–Crippen MR) is 129 cm³/mol. The van der Waals surface area contributed by atoms with E-state index in [1.807, 2.05) is 0 Å². The molecule has 0 spiro atoms. The molecule has 0 fully saturated rings. The summed E-state index contributed by atoms with van der Waals surface area (Å²) in [5.74, 6) is 0. The van der Waals surface area contributed by atoms with Crippen molar-refractivity contribution in [2.45, 2.75) is 13.8 Å². The maximum Gasteiger partial charge on any atom is 0.113 e. The maximum atomic E-state index is 2.55. The van der Waals surface area contributed by atoms with E-state index in [0.29, 0.717) is 0 Å². The van der Waals surface area contributed by atoms with Gasteiger partial charge in [0, 0.05) is 6.54 Å². The van der Waals surface area contributed by atoms with Gasteiger partial charge in [0.2, 0.25) is 0 Å². The lowest BCUT2D eigenvalue weighted by atomic mass is 10.4. The number of nitrogens with zero attached hydrogens (tertiary/aromatic N) is 1. The van der Waals surface area contributed by atoms with Crippen molar-refractivity contribution < 1.29 is 0 Å². The maximum absolute atomic E-state index is 2.55. The van der Waals surface area contributed by atoms with Crippen LogP contribution >= 0.6 is 7.26 Å². The van der Waals surface area contributed by atoms with Crippen LogP contribution in [0.15, 0.2) is 91.0 Å². The van der Waals surface area contributed by atoms with Crippen LogP contribution < -0.4 is 15.9 Å². The molecular formula is C24H33BNP. The van der Waals surface area contributed by atoms with Crippen molar-refractivity contribution in [3.8, 4) is 0 Å². The van der Waals surface area contributed by atoms with Gasteiger partial charge in [-0.15, -0.1) is 0 Å². The summed E-state index contributed by atoms with van der Waals surface area (Å²) in [5.41, 5.74) is 0. The molecule has 0 atom stereocenters. The molecule has 0 amide bonds. The van der Waals surface area contributed by atoms with Crippen LogP contribution in [0.4, 0.5) is 0 Å². The normalized spacial score (nSPS) is 11.2. The molecule has 0 saturated heterocycles. The zero-order valence-corrected chi connectivity index (χ0v) is 16.8. The Kier molecular flexibility index (Phi) is 8.29. The quantitative estimate of drug-likeness (QED) is 0.431. The highest BCUT2D eigenvalue weighted by atomic mass is 31.2. The Morgan fingerprint density at radius 1 is 0.593 bits per heavy atom. The van der Waals surface area contributed by atoms with Crippen molar-refractivity contribution in [1.29, 1.82) is 0 Å². The Morgan fingerprint density at radius 3 is 1.22 bits per heavy atom. The lowest BCUT2D eigenvalue weighted by molar-refractivity contribution is 0.323. The summed E-state index contributed by atoms with van der Waals surface area (Å²) >= 11 is 0. The molecule has 3 heteroatoms. The summed E-state index contributed by atoms with van der Waals surface area (Å²) < 4.78 is 0. The molecule has 0 aliphatic rings. The number of benzene rings is 3. The van der Waals surface area contributed by atoms with Gasteiger partial charge in [-0.05, 0) is 49.5 Å². The van der Waals surface area contributed by atoms with Crippen LogP contribution in [0.3, 0.4) is 0 Å². The summed E-state index contributed by atoms with van der Waals surface area (Å²) in [5, 5.41) is 4.43. The van der Waals surface area contributed by atoms with Gasteiger partial charge in [0.15, 0.2) is 0 Å². The highest BCUT2D eigenvalue weighted by molar-refractivity contribution is 7.95. The number of hydrogen-bond acceptors (Lipinski definition) is 1. The second kappa shape index (κ2) is 10.4. The van der Waals surface area contributed by atoms with E-state index in [4.69, 9.17) is 0 Å². The van der Waals surface area contributed by atoms with Crippen LogP contribution in [0, 0.1) is 0 Å². The zero-order chi connectivity index (χ0) is 18.2. The molecule has 0 aromatic heterocycles. The fourth-order valence-electron chi connectivity index (χ4n) is 3.71. The summed E-state index contributed by atoms with van der Waals surface area (Å²) in [6.07, 6.45) is 1.17. The van der Waals surface area contributed by atoms with Gasteiger partial charge in [0.05, 0.1) is 6.16 Å². The number of hydrogen-bond donors (Lipinski definition) is 0. The molecular weight excluding hydrogens is 344 g/mol. The van der Waals surface area contributed by atoms with Gasteiger partial charge in [-0.3, -0.25) is 0 Å². The second-order valence-corrected chi connectivity index (χ2v) is 10.2. The third-order valence-corrected chi connectivity index (χ3v) is 9.65. The summed E-state index contributed by atoms with van der Waals surface area (Å²) in [6.45, 7) is 7.86. The molecule has 0 N–H and O–H groups in total. The fraction of sp³-hybridized carbons (Fsp3) is 0.250. The highest BCUT2D eigenvalue weighted by Gasteiger charge is 2.44. The lowest BCUT2D eigenvalue weighted by Crippen LogP contribution is -2.37. The van der Waals surface area contributed by atoms with Gasteiger partial charge in [-0.25, -0.2) is 0 Å². The van der Waals surface area contributed by atoms with E-state index in [1.54, 1.807) is 0 Å². The van der Waals surface area contributed by atoms with Gasteiger partial charge < -0.3 is 4.90 Å². The Hall–Kier alpha value is -1.89. The largest absolute Gasteiger partial charge is 0.300 e. The highest BCUT2D eigenvalue weighted by Crippen LogP contribution is 2.55. The molecule has 3 rings (SSSR count). The van der Waals surface area contributed by atoms with E-state index >= 15 is 0 Å². The standard InChI is InChI=1S/C24H29NP.BH4/c1-3-25(4-2)20-21-26(22-14-8-5-9-15-22,23-16-10-6-11-17-23)24-18-12-7-13-19-24;/h5-19H,3-4,20-21H2,1-2H3;1H4/q+1;-1. The van der Waals surface area contributed by atoms with E-state index in [-0.39, 0.29) is 8.41 Å². The Balaban J connectivity index is 0.00000261. The zero-order valence-electron chi connectivity index (χ0n) is 15.9. The van der Waals surface area contributed by atoms with Crippen LogP contribution in [-0.4, -0.2) is 39.1 Å². The van der Waals surface area contributed by atoms with Crippen LogP contribution in [0.25, 0.3) is 0 Å². The van der Waals surface area contributed by atoms with E-state index in [0.717, 1.165) is 19.6 Å². The second-order valence-electron chi connectivity index (χ2n) is 6.57. The molecule has 0 unspecified atom stereocenters. The van der Waals surface area contributed by atoms with Crippen LogP contribution in [-0.2, 0) is 0 Å². The van der Waals surface area contributed by atoms with Crippen molar-refractivity contribution in [1.82, 2.24) is 4.90 Å². The average molecular weight is 377 g/mol. The average Bonchev–Trinajstić information content (AvgIpc) is 2.74. The Bertz CT molecular complexity index is 677. The molecule has 0 aliphatic heterocycles. The van der Waals surface area contributed by atoms with E-state index in [9.17, 15) is 0 Å². The third kappa shape index (κ3) is 4.70. The molecule has 0 radical (unpaired) electrons. The minimum atomic E-state index is -1.68. The van der Waals surface area contributed by atoms with Crippen LogP contribution in [0.5, 0.6) is 0 Å². The predicted octanol–water partition coefficient (Wildman–Crippen LogP) is 2.87. The van der Waals surface area contributed by atoms with Gasteiger partial charge in [-0.1, -0.05) is 76.9 Å². The van der Waals surface area contributed by atoms with Crippen LogP contribution in [0.2, 0.25) is 0 Å². The molecule has 27 heavy (non-hydrogen) atoms. The van der Waals surface area contributed by atoms with Gasteiger partial charge in [0.1, 0.15) is 23.2 Å². The summed E-state index contributed by atoms with van der Waals surface area (Å²) in [6, 6.07) is 33.5. The van der Waals surface area contributed by atoms with Gasteiger partial charge >= 0.3 is 0 Å². The smallest absolute Gasteiger partial charge is 0.113 e. The first-order chi connectivity index (χ1) is 12.8. The van der Waals surface area contributed by atoms with Crippen molar-refractivity contribution in [2.75, 3.05) is 25.8 Å². The van der Waals surface area contributed by atoms with E-state index in [2.05, 4.69) is 110 Å². The summed E-state index contributed by atoms with van der Waals surface area (Å²) in [4.78, 5) is 2.55.